The van der Waals surface area contributed by atoms with Gasteiger partial charge in [-0.3, -0.25) is 14.9 Å². The molecule has 68 heavy (non-hydrogen) atoms. The highest BCUT2D eigenvalue weighted by Gasteiger charge is 2.55. The van der Waals surface area contributed by atoms with E-state index in [1.807, 2.05) is 88.8 Å². The van der Waals surface area contributed by atoms with E-state index in [0.717, 1.165) is 17.7 Å². The second-order valence-electron chi connectivity index (χ2n) is 21.4. The van der Waals surface area contributed by atoms with E-state index in [1.54, 1.807) is 27.7 Å². The smallest absolute Gasteiger partial charge is 0.309 e. The van der Waals surface area contributed by atoms with Crippen molar-refractivity contribution in [1.29, 1.82) is 5.41 Å². The molecule has 18 atom stereocenters. The van der Waals surface area contributed by atoms with E-state index in [0.29, 0.717) is 38.0 Å². The van der Waals surface area contributed by atoms with Gasteiger partial charge < -0.3 is 64.8 Å². The molecule has 5 rings (SSSR count). The van der Waals surface area contributed by atoms with E-state index in [4.69, 9.17) is 34.8 Å². The van der Waals surface area contributed by atoms with Gasteiger partial charge in [-0.25, -0.2) is 0 Å². The number of aliphatic hydroxyl groups excluding tert-OH is 3. The molecule has 4 heterocycles. The summed E-state index contributed by atoms with van der Waals surface area (Å²) in [6, 6.07) is 6.64. The lowest BCUT2D eigenvalue weighted by Gasteiger charge is -2.51. The summed E-state index contributed by atoms with van der Waals surface area (Å²) in [5.74, 6) is -3.09. The normalized spacial score (nSPS) is 40.6. The number of hydrogen-bond donors (Lipinski definition) is 7. The van der Waals surface area contributed by atoms with E-state index in [1.165, 1.54) is 14.0 Å². The van der Waals surface area contributed by atoms with Crippen LogP contribution in [0.25, 0.3) is 0 Å². The van der Waals surface area contributed by atoms with E-state index in [2.05, 4.69) is 15.2 Å². The van der Waals surface area contributed by atoms with Crippen molar-refractivity contribution >= 4 is 11.8 Å². The van der Waals surface area contributed by atoms with Crippen molar-refractivity contribution in [3.05, 3.63) is 47.3 Å². The van der Waals surface area contributed by atoms with Crippen molar-refractivity contribution in [3.63, 3.8) is 0 Å². The number of nitrogens with zero attached hydrogens (tertiary/aromatic N) is 5. The number of benzene rings is 1. The number of carbonyl (C=O) groups is 1. The first-order chi connectivity index (χ1) is 31.7. The fourth-order valence-corrected chi connectivity index (χ4v) is 11.3. The number of methoxy groups -OCH3 is 1. The van der Waals surface area contributed by atoms with Crippen LogP contribution in [0.1, 0.15) is 112 Å². The maximum absolute atomic E-state index is 14.6. The first-order valence-corrected chi connectivity index (χ1v) is 24.7. The summed E-state index contributed by atoms with van der Waals surface area (Å²) < 4.78 is 34.0. The summed E-state index contributed by atoms with van der Waals surface area (Å²) in [5.41, 5.74) is 3.74. The molecule has 1 unspecified atom stereocenters. The fraction of sp³-hybridized carbons (Fsp3) is 0.800. The summed E-state index contributed by atoms with van der Waals surface area (Å²) in [6.07, 6.45) is -4.05. The number of amidine groups is 1. The number of carbonyl (C=O) groups excluding carboxylic acids is 1. The van der Waals surface area contributed by atoms with Crippen LogP contribution in [-0.4, -0.2) is 180 Å². The molecule has 0 aliphatic carbocycles. The van der Waals surface area contributed by atoms with Crippen molar-refractivity contribution < 1.29 is 54.0 Å². The molecule has 1 aromatic carbocycles. The van der Waals surface area contributed by atoms with E-state index >= 15 is 0 Å². The number of likely N-dealkylation sites (N-methyl/N-ethyl adjacent to an activating group) is 2. The van der Waals surface area contributed by atoms with Gasteiger partial charge in [-0.05, 0) is 98.7 Å². The lowest BCUT2D eigenvalue weighted by atomic mass is 9.68. The van der Waals surface area contributed by atoms with Gasteiger partial charge in [0.25, 0.3) is 0 Å². The minimum absolute atomic E-state index is 0.0312. The summed E-state index contributed by atoms with van der Waals surface area (Å²) in [6.45, 7) is 19.6. The van der Waals surface area contributed by atoms with Crippen LogP contribution in [0.3, 0.4) is 0 Å². The first kappa shape index (κ1) is 55.8. The SMILES string of the molecule is CC[C@H]1OC(=O)[C@H](C)[C@@H](C2C[C@@](C)(OC)[C@@H](O)[C@H](C)O2)[C@H](C)[C@@H](O[C@@H]2O[C@H](C)C[C@H](N(C)CCc3cn(CCc4ccc(C(=N)N)cc4)nn3)[C@H]2O)[C@](C)(O)C[C@@H](C)CN(C)[C@H](C)[C@@H](O)[C@]1(C)O. The van der Waals surface area contributed by atoms with Crippen LogP contribution in [0.5, 0.6) is 0 Å². The predicted molar refractivity (Wildman–Crippen MR) is 257 cm³/mol. The third-order valence-electron chi connectivity index (χ3n) is 15.7. The van der Waals surface area contributed by atoms with Crippen LogP contribution in [0, 0.1) is 29.1 Å². The predicted octanol–water partition coefficient (Wildman–Crippen LogP) is 2.91. The fourth-order valence-electron chi connectivity index (χ4n) is 11.3. The number of aliphatic hydroxyl groups is 5. The largest absolute Gasteiger partial charge is 0.459 e. The molecule has 2 aromatic rings. The average Bonchev–Trinajstić information content (AvgIpc) is 3.74. The second-order valence-corrected chi connectivity index (χ2v) is 21.4. The lowest BCUT2D eigenvalue weighted by Crippen LogP contribution is -2.62. The minimum Gasteiger partial charge on any atom is -0.459 e. The van der Waals surface area contributed by atoms with Crippen molar-refractivity contribution in [3.8, 4) is 0 Å². The molecular formula is C50H85N7O11. The zero-order valence-corrected chi connectivity index (χ0v) is 42.9. The number of nitrogen functional groups attached to an aromatic ring is 1. The van der Waals surface area contributed by atoms with Gasteiger partial charge >= 0.3 is 5.97 Å². The van der Waals surface area contributed by atoms with Crippen molar-refractivity contribution in [2.24, 2.45) is 29.4 Å². The summed E-state index contributed by atoms with van der Waals surface area (Å²) in [5, 5.41) is 76.4. The number of aryl methyl sites for hydroxylation is 2. The monoisotopic (exact) mass is 960 g/mol. The molecule has 1 aromatic heterocycles. The molecule has 3 aliphatic rings. The quantitative estimate of drug-likeness (QED) is 0.0866. The molecule has 0 bridgehead atoms. The molecule has 0 saturated carbocycles. The maximum Gasteiger partial charge on any atom is 0.309 e. The zero-order valence-electron chi connectivity index (χ0n) is 42.9. The Hall–Kier alpha value is -3.14. The molecule has 3 fully saturated rings. The van der Waals surface area contributed by atoms with Gasteiger partial charge in [0.15, 0.2) is 6.29 Å². The van der Waals surface area contributed by atoms with Gasteiger partial charge in [0.05, 0.1) is 47.2 Å². The molecule has 3 aliphatic heterocycles. The molecule has 18 heteroatoms. The molecular weight excluding hydrogens is 875 g/mol. The summed E-state index contributed by atoms with van der Waals surface area (Å²) >= 11 is 0. The molecule has 0 spiro atoms. The zero-order chi connectivity index (χ0) is 50.6. The lowest BCUT2D eigenvalue weighted by molar-refractivity contribution is -0.302. The van der Waals surface area contributed by atoms with Gasteiger partial charge in [0.2, 0.25) is 0 Å². The molecule has 0 radical (unpaired) electrons. The third kappa shape index (κ3) is 12.8. The highest BCUT2D eigenvalue weighted by molar-refractivity contribution is 5.94. The number of nitrogens with one attached hydrogen (secondary N) is 1. The number of rotatable bonds is 13. The maximum atomic E-state index is 14.6. The Kier molecular flexibility index (Phi) is 18.8. The number of cyclic esters (lactones) is 1. The van der Waals surface area contributed by atoms with Crippen molar-refractivity contribution in [1.82, 2.24) is 24.8 Å². The summed E-state index contributed by atoms with van der Waals surface area (Å²) in [4.78, 5) is 18.6. The molecule has 18 nitrogen and oxygen atoms in total. The van der Waals surface area contributed by atoms with Gasteiger partial charge in [-0.2, -0.15) is 0 Å². The topological polar surface area (TPSA) is 251 Å². The Balaban J connectivity index is 1.44. The van der Waals surface area contributed by atoms with Crippen LogP contribution in [0.4, 0.5) is 0 Å². The Labute approximate surface area is 404 Å². The molecule has 8 N–H and O–H groups in total. The van der Waals surface area contributed by atoms with Gasteiger partial charge in [-0.1, -0.05) is 57.2 Å². The molecule has 386 valence electrons. The highest BCUT2D eigenvalue weighted by atomic mass is 16.7. The Morgan fingerprint density at radius 3 is 2.28 bits per heavy atom. The first-order valence-electron chi connectivity index (χ1n) is 24.7. The van der Waals surface area contributed by atoms with Gasteiger partial charge in [0, 0.05) is 69.3 Å². The highest BCUT2D eigenvalue weighted by Crippen LogP contribution is 2.45. The molecule has 0 amide bonds. The van der Waals surface area contributed by atoms with Crippen molar-refractivity contribution in [2.75, 3.05) is 34.3 Å². The van der Waals surface area contributed by atoms with Crippen LogP contribution < -0.4 is 5.73 Å². The number of nitrogens with two attached hydrogens (primary N) is 1. The molecule has 3 saturated heterocycles. The van der Waals surface area contributed by atoms with Gasteiger partial charge in [-0.15, -0.1) is 5.10 Å². The third-order valence-corrected chi connectivity index (χ3v) is 15.7. The van der Waals surface area contributed by atoms with Gasteiger partial charge in [0.1, 0.15) is 35.9 Å². The number of hydrogen-bond acceptors (Lipinski definition) is 16. The van der Waals surface area contributed by atoms with E-state index in [-0.39, 0.29) is 37.1 Å². The van der Waals surface area contributed by atoms with Crippen LogP contribution in [-0.2, 0) is 47.9 Å². The van der Waals surface area contributed by atoms with Crippen LogP contribution in [0.2, 0.25) is 0 Å². The number of esters is 1. The Morgan fingerprint density at radius 1 is 1.00 bits per heavy atom. The van der Waals surface area contributed by atoms with Crippen LogP contribution >= 0.6 is 0 Å². The standard InChI is InChI=1S/C50H85N7O11/c1-14-39-50(10,63)42(59)32(6)56(12)26-28(2)24-48(8,62)44(30(4)40(31(5)46(61)67-39)38-25-49(9,64-13)43(60)33(7)66-38)68-47-41(58)37(23-29(3)65-47)55(11)21-20-36-27-57(54-53-36)22-19-34-15-17-35(18-16-34)45(51)52/h15-18,27-33,37-44,47,58-60,62-63H,14,19-26H2,1-13H3,(H3,51,52)/t28-,29-,30+,31-,32-,33+,37+,38?,39-,40+,41-,42-,43+,44-,47+,48-,49-,50-/m1/s1. The Morgan fingerprint density at radius 2 is 1.66 bits per heavy atom. The Bertz CT molecular complexity index is 1940. The van der Waals surface area contributed by atoms with E-state index < -0.39 is 102 Å². The number of aromatic nitrogens is 3. The second kappa shape index (κ2) is 22.9. The number of ether oxygens (including phenoxy) is 5. The van der Waals surface area contributed by atoms with E-state index in [9.17, 15) is 30.3 Å². The average molecular weight is 960 g/mol. The summed E-state index contributed by atoms with van der Waals surface area (Å²) in [7, 11) is 5.33. The van der Waals surface area contributed by atoms with Crippen LogP contribution in [0.15, 0.2) is 30.5 Å². The van der Waals surface area contributed by atoms with Crippen molar-refractivity contribution in [2.45, 2.75) is 198 Å². The minimum atomic E-state index is -1.81.